The van der Waals surface area contributed by atoms with Crippen LogP contribution in [-0.4, -0.2) is 68.7 Å². The van der Waals surface area contributed by atoms with Crippen LogP contribution in [0.3, 0.4) is 0 Å². The number of nitrogen functional groups attached to an aromatic ring is 1. The van der Waals surface area contributed by atoms with Gasteiger partial charge in [-0.25, -0.2) is 19.7 Å². The Kier molecular flexibility index (Phi) is 6.98. The van der Waals surface area contributed by atoms with Gasteiger partial charge in [-0.2, -0.15) is 0 Å². The fraction of sp³-hybridized carbons (Fsp3) is 0.478. The first-order valence-corrected chi connectivity index (χ1v) is 14.2. The maximum Gasteiger partial charge on any atom is 0.338 e. The van der Waals surface area contributed by atoms with Crippen LogP contribution in [0, 0.1) is 0 Å². The van der Waals surface area contributed by atoms with Crippen LogP contribution in [0.4, 0.5) is 5.82 Å². The maximum atomic E-state index is 13.4. The van der Waals surface area contributed by atoms with Gasteiger partial charge in [0.2, 0.25) is 0 Å². The number of aliphatic hydroxyl groups excluding tert-OH is 2. The number of aliphatic hydroxyl groups is 2. The second-order valence-electron chi connectivity index (χ2n) is 8.58. The van der Waals surface area contributed by atoms with E-state index in [2.05, 4.69) is 35.7 Å². The van der Waals surface area contributed by atoms with Crippen molar-refractivity contribution in [2.75, 3.05) is 12.3 Å². The van der Waals surface area contributed by atoms with E-state index in [-0.39, 0.29) is 5.82 Å². The Morgan fingerprint density at radius 3 is 2.56 bits per heavy atom. The van der Waals surface area contributed by atoms with E-state index in [9.17, 15) is 15.0 Å². The maximum absolute atomic E-state index is 13.4. The van der Waals surface area contributed by atoms with Crippen LogP contribution >= 0.6 is 0 Å². The molecular weight excluding hydrogens is 454 g/mol. The average Bonchev–Trinajstić information content (AvgIpc) is 3.43. The molecule has 1 fully saturated rings. The molecule has 0 unspecified atom stereocenters. The third-order valence-electron chi connectivity index (χ3n) is 7.14. The SMILES string of the molecule is CC[Si](CC)(CC)c1ccccc1C(=O)O[C@H]1[C@@H](O)[C@H](n2cnc3c(N)ncnc32)O[C@@H]1CO. The van der Waals surface area contributed by atoms with Crippen LogP contribution in [0.15, 0.2) is 36.9 Å². The zero-order valence-electron chi connectivity index (χ0n) is 19.6. The lowest BCUT2D eigenvalue weighted by molar-refractivity contribution is -0.0529. The van der Waals surface area contributed by atoms with Crippen molar-refractivity contribution in [1.29, 1.82) is 0 Å². The third kappa shape index (κ3) is 3.98. The molecule has 4 N–H and O–H groups in total. The minimum Gasteiger partial charge on any atom is -0.453 e. The highest BCUT2D eigenvalue weighted by atomic mass is 28.3. The molecule has 3 heterocycles. The Morgan fingerprint density at radius 2 is 1.88 bits per heavy atom. The standard InChI is InChI=1S/C23H31N5O5Si/c1-4-34(5-2,6-3)16-10-8-7-9-14(16)23(31)33-19-15(11-29)32-22(18(19)30)28-13-27-17-20(24)25-12-26-21(17)28/h7-10,12-13,15,18-19,22,29-30H,4-6,11H2,1-3H3,(H2,24,25,26)/t15-,18-,19-,22-/m1/s1. The van der Waals surface area contributed by atoms with Gasteiger partial charge in [-0.05, 0) is 11.3 Å². The minimum atomic E-state index is -1.87. The number of benzene rings is 1. The van der Waals surface area contributed by atoms with E-state index >= 15 is 0 Å². The number of rotatable bonds is 8. The number of nitrogens with two attached hydrogens (primary N) is 1. The van der Waals surface area contributed by atoms with Gasteiger partial charge >= 0.3 is 5.97 Å². The summed E-state index contributed by atoms with van der Waals surface area (Å²) in [5.74, 6) is -0.332. The number of aromatic nitrogens is 4. The molecule has 4 rings (SSSR count). The van der Waals surface area contributed by atoms with E-state index in [1.807, 2.05) is 18.2 Å². The number of fused-ring (bicyclic) bond motifs is 1. The molecule has 1 aliphatic heterocycles. The van der Waals surface area contributed by atoms with Gasteiger partial charge in [0.05, 0.1) is 26.6 Å². The van der Waals surface area contributed by atoms with E-state index in [4.69, 9.17) is 15.2 Å². The Labute approximate surface area is 198 Å². The molecule has 1 aromatic carbocycles. The first-order chi connectivity index (χ1) is 16.4. The van der Waals surface area contributed by atoms with Gasteiger partial charge in [-0.15, -0.1) is 0 Å². The topological polar surface area (TPSA) is 146 Å². The molecule has 0 spiro atoms. The van der Waals surface area contributed by atoms with Gasteiger partial charge in [0.15, 0.2) is 23.8 Å². The summed E-state index contributed by atoms with van der Waals surface area (Å²) in [5, 5.41) is 22.1. The van der Waals surface area contributed by atoms with Crippen molar-refractivity contribution in [2.24, 2.45) is 0 Å². The van der Waals surface area contributed by atoms with E-state index in [1.54, 1.807) is 6.07 Å². The third-order valence-corrected chi connectivity index (χ3v) is 12.8. The summed E-state index contributed by atoms with van der Waals surface area (Å²) in [6, 6.07) is 10.6. The zero-order chi connectivity index (χ0) is 24.5. The van der Waals surface area contributed by atoms with Crippen molar-refractivity contribution in [3.63, 3.8) is 0 Å². The molecule has 0 amide bonds. The number of nitrogens with zero attached hydrogens (tertiary/aromatic N) is 4. The predicted molar refractivity (Wildman–Crippen MR) is 129 cm³/mol. The molecule has 1 aliphatic rings. The molecule has 3 aromatic rings. The number of hydrogen-bond donors (Lipinski definition) is 3. The van der Waals surface area contributed by atoms with Gasteiger partial charge in [0.25, 0.3) is 0 Å². The lowest BCUT2D eigenvalue weighted by Crippen LogP contribution is -2.49. The number of hydrogen-bond acceptors (Lipinski definition) is 9. The first-order valence-electron chi connectivity index (χ1n) is 11.6. The van der Waals surface area contributed by atoms with E-state index in [1.165, 1.54) is 17.2 Å². The lowest BCUT2D eigenvalue weighted by Gasteiger charge is -2.30. The number of carbonyl (C=O) groups is 1. The summed E-state index contributed by atoms with van der Waals surface area (Å²) >= 11 is 0. The fourth-order valence-electron chi connectivity index (χ4n) is 4.93. The van der Waals surface area contributed by atoms with Gasteiger partial charge in [0, 0.05) is 0 Å². The van der Waals surface area contributed by atoms with Crippen molar-refractivity contribution in [3.8, 4) is 0 Å². The van der Waals surface area contributed by atoms with Crippen LogP contribution in [0.1, 0.15) is 37.4 Å². The number of ether oxygens (including phenoxy) is 2. The summed E-state index contributed by atoms with van der Waals surface area (Å²) in [6.45, 7) is 6.09. The monoisotopic (exact) mass is 485 g/mol. The van der Waals surface area contributed by atoms with Crippen LogP contribution in [0.2, 0.25) is 18.1 Å². The largest absolute Gasteiger partial charge is 0.453 e. The van der Waals surface area contributed by atoms with Gasteiger partial charge in [0.1, 0.15) is 24.1 Å². The number of anilines is 1. The predicted octanol–water partition coefficient (Wildman–Crippen LogP) is 1.60. The molecule has 4 atom stereocenters. The van der Waals surface area contributed by atoms with Crippen LogP contribution in [0.25, 0.3) is 11.2 Å². The fourth-order valence-corrected chi connectivity index (χ4v) is 8.78. The molecule has 10 nitrogen and oxygen atoms in total. The minimum absolute atomic E-state index is 0.199. The lowest BCUT2D eigenvalue weighted by atomic mass is 10.1. The van der Waals surface area contributed by atoms with Gasteiger partial charge in [-0.3, -0.25) is 4.57 Å². The van der Waals surface area contributed by atoms with E-state index < -0.39 is 45.2 Å². The molecule has 182 valence electrons. The Balaban J connectivity index is 1.63. The highest BCUT2D eigenvalue weighted by Crippen LogP contribution is 2.34. The second kappa shape index (κ2) is 9.78. The van der Waals surface area contributed by atoms with E-state index in [0.29, 0.717) is 16.7 Å². The van der Waals surface area contributed by atoms with Crippen molar-refractivity contribution >= 4 is 36.2 Å². The molecular formula is C23H31N5O5Si. The molecule has 2 aromatic heterocycles. The zero-order valence-corrected chi connectivity index (χ0v) is 20.6. The van der Waals surface area contributed by atoms with Crippen molar-refractivity contribution in [3.05, 3.63) is 42.5 Å². The summed E-state index contributed by atoms with van der Waals surface area (Å²) in [6.07, 6.45) is -1.50. The van der Waals surface area contributed by atoms with Gasteiger partial charge in [-0.1, -0.05) is 57.1 Å². The van der Waals surface area contributed by atoms with Crippen molar-refractivity contribution < 1.29 is 24.5 Å². The molecule has 0 bridgehead atoms. The van der Waals surface area contributed by atoms with Crippen LogP contribution in [0.5, 0.6) is 0 Å². The number of imidazole rings is 1. The smallest absolute Gasteiger partial charge is 0.338 e. The summed E-state index contributed by atoms with van der Waals surface area (Å²) < 4.78 is 13.2. The average molecular weight is 486 g/mol. The molecule has 34 heavy (non-hydrogen) atoms. The second-order valence-corrected chi connectivity index (χ2v) is 13.8. The van der Waals surface area contributed by atoms with Crippen molar-refractivity contribution in [2.45, 2.75) is 63.4 Å². The quantitative estimate of drug-likeness (QED) is 0.320. The Hall–Kier alpha value is -2.86. The van der Waals surface area contributed by atoms with Crippen LogP contribution in [-0.2, 0) is 9.47 Å². The van der Waals surface area contributed by atoms with Crippen molar-refractivity contribution in [1.82, 2.24) is 19.5 Å². The Morgan fingerprint density at radius 1 is 1.18 bits per heavy atom. The Bertz CT molecular complexity index is 1160. The van der Waals surface area contributed by atoms with E-state index in [0.717, 1.165) is 23.3 Å². The first kappa shape index (κ1) is 24.3. The highest BCUT2D eigenvalue weighted by molar-refractivity contribution is 6.92. The number of carbonyl (C=O) groups excluding carboxylic acids is 1. The summed E-state index contributed by atoms with van der Waals surface area (Å²) in [4.78, 5) is 25.7. The number of esters is 1. The summed E-state index contributed by atoms with van der Waals surface area (Å²) in [5.41, 5.74) is 7.11. The normalized spacial score (nSPS) is 22.9. The molecule has 0 saturated carbocycles. The van der Waals surface area contributed by atoms with Crippen LogP contribution < -0.4 is 10.9 Å². The van der Waals surface area contributed by atoms with Gasteiger partial charge < -0.3 is 25.4 Å². The molecule has 1 saturated heterocycles. The molecule has 0 aliphatic carbocycles. The molecule has 0 radical (unpaired) electrons. The summed E-state index contributed by atoms with van der Waals surface area (Å²) in [7, 11) is -1.87. The highest BCUT2D eigenvalue weighted by Gasteiger charge is 2.48. The molecule has 11 heteroatoms.